The van der Waals surface area contributed by atoms with E-state index in [1.165, 1.54) is 4.90 Å². The van der Waals surface area contributed by atoms with Crippen molar-refractivity contribution < 1.29 is 19.4 Å². The van der Waals surface area contributed by atoms with Gasteiger partial charge in [0.15, 0.2) is 0 Å². The highest BCUT2D eigenvalue weighted by atomic mass is 35.5. The number of benzene rings is 1. The number of nitrogens with zero attached hydrogens (tertiary/aromatic N) is 3. The minimum atomic E-state index is -1.26. The van der Waals surface area contributed by atoms with Crippen molar-refractivity contribution in [2.45, 2.75) is 58.4 Å². The van der Waals surface area contributed by atoms with E-state index < -0.39 is 29.2 Å². The Kier molecular flexibility index (Phi) is 6.03. The molecule has 168 valence electrons. The molecule has 1 unspecified atom stereocenters. The van der Waals surface area contributed by atoms with Crippen LogP contribution >= 0.6 is 23.2 Å². The van der Waals surface area contributed by atoms with Gasteiger partial charge in [-0.2, -0.15) is 5.10 Å². The molecule has 0 saturated heterocycles. The molecular weight excluding hydrogens is 443 g/mol. The van der Waals surface area contributed by atoms with Crippen molar-refractivity contribution in [3.63, 3.8) is 0 Å². The second-order valence-corrected chi connectivity index (χ2v) is 9.95. The number of hydrogen-bond acceptors (Lipinski definition) is 5. The van der Waals surface area contributed by atoms with Crippen molar-refractivity contribution in [3.8, 4) is 11.3 Å². The standard InChI is InChI=1S/C21H26Cl2N4O4/c1-20(2,3)31-19(29)26-9-14-16(18(24)28)17(11-6-7-12(22)13(23)8-11)25-27(14)15(10-26)21(4,5)30/h6-8,15,30H,9-10H2,1-5H3,(H2,24,28). The summed E-state index contributed by atoms with van der Waals surface area (Å²) in [5.41, 5.74) is 5.18. The van der Waals surface area contributed by atoms with Crippen LogP contribution in [0.3, 0.4) is 0 Å². The maximum atomic E-state index is 12.8. The van der Waals surface area contributed by atoms with Crippen LogP contribution in [0, 0.1) is 0 Å². The van der Waals surface area contributed by atoms with Crippen LogP contribution in [0.1, 0.15) is 56.7 Å². The molecule has 2 heterocycles. The average Bonchev–Trinajstić information content (AvgIpc) is 3.00. The molecule has 0 spiro atoms. The fourth-order valence-electron chi connectivity index (χ4n) is 3.50. The van der Waals surface area contributed by atoms with E-state index >= 15 is 0 Å². The Morgan fingerprint density at radius 3 is 2.35 bits per heavy atom. The Morgan fingerprint density at radius 2 is 1.84 bits per heavy atom. The minimum absolute atomic E-state index is 0.0497. The highest BCUT2D eigenvalue weighted by Crippen LogP contribution is 2.37. The first-order chi connectivity index (χ1) is 14.2. The third kappa shape index (κ3) is 4.81. The van der Waals surface area contributed by atoms with E-state index in [1.54, 1.807) is 57.5 Å². The number of aliphatic hydroxyl groups is 1. The quantitative estimate of drug-likeness (QED) is 0.706. The van der Waals surface area contributed by atoms with E-state index in [9.17, 15) is 14.7 Å². The Bertz CT molecular complexity index is 1040. The average molecular weight is 469 g/mol. The molecule has 0 saturated carbocycles. The highest BCUT2D eigenvalue weighted by molar-refractivity contribution is 6.42. The van der Waals surface area contributed by atoms with E-state index in [4.69, 9.17) is 33.7 Å². The first kappa shape index (κ1) is 23.4. The first-order valence-corrected chi connectivity index (χ1v) is 10.5. The molecule has 0 radical (unpaired) electrons. The molecule has 8 nitrogen and oxygen atoms in total. The molecule has 1 aromatic heterocycles. The van der Waals surface area contributed by atoms with Crippen molar-refractivity contribution in [3.05, 3.63) is 39.5 Å². The van der Waals surface area contributed by atoms with Gasteiger partial charge in [-0.25, -0.2) is 4.79 Å². The van der Waals surface area contributed by atoms with Crippen LogP contribution in [0.15, 0.2) is 18.2 Å². The number of carbonyl (C=O) groups is 2. The molecule has 0 fully saturated rings. The zero-order chi connectivity index (χ0) is 23.3. The van der Waals surface area contributed by atoms with Gasteiger partial charge < -0.3 is 20.5 Å². The van der Waals surface area contributed by atoms with Crippen LogP contribution < -0.4 is 5.73 Å². The van der Waals surface area contributed by atoms with Crippen LogP contribution in [0.5, 0.6) is 0 Å². The summed E-state index contributed by atoms with van der Waals surface area (Å²) in [6, 6.07) is 4.23. The molecule has 31 heavy (non-hydrogen) atoms. The Labute approximate surface area is 190 Å². The molecule has 0 bridgehead atoms. The summed E-state index contributed by atoms with van der Waals surface area (Å²) in [6.45, 7) is 8.73. The number of primary amides is 1. The van der Waals surface area contributed by atoms with Crippen LogP contribution in [-0.2, 0) is 11.3 Å². The maximum absolute atomic E-state index is 12.8. The van der Waals surface area contributed by atoms with E-state index in [-0.39, 0.29) is 18.7 Å². The number of aromatic nitrogens is 2. The summed E-state index contributed by atoms with van der Waals surface area (Å²) in [5.74, 6) is -0.706. The van der Waals surface area contributed by atoms with E-state index in [1.807, 2.05) is 0 Å². The van der Waals surface area contributed by atoms with Gasteiger partial charge >= 0.3 is 6.09 Å². The number of carbonyl (C=O) groups excluding carboxylic acids is 2. The summed E-state index contributed by atoms with van der Waals surface area (Å²) in [4.78, 5) is 26.7. The van der Waals surface area contributed by atoms with Gasteiger partial charge in [0.05, 0.1) is 39.5 Å². The lowest BCUT2D eigenvalue weighted by molar-refractivity contribution is -0.0241. The van der Waals surface area contributed by atoms with E-state index in [0.29, 0.717) is 27.0 Å². The second-order valence-electron chi connectivity index (χ2n) is 9.14. The molecule has 3 rings (SSSR count). The van der Waals surface area contributed by atoms with Gasteiger partial charge in [0.2, 0.25) is 0 Å². The number of halogens is 2. The van der Waals surface area contributed by atoms with Crippen LogP contribution in [0.4, 0.5) is 4.79 Å². The Balaban J connectivity index is 2.17. The van der Waals surface area contributed by atoms with Gasteiger partial charge in [0, 0.05) is 12.1 Å². The SMILES string of the molecule is CC(C)(C)OC(=O)N1Cc2c(C(N)=O)c(-c3ccc(Cl)c(Cl)c3)nn2C(C(C)(C)O)C1. The number of fused-ring (bicyclic) bond motifs is 1. The van der Waals surface area contributed by atoms with Gasteiger partial charge in [0.25, 0.3) is 5.91 Å². The van der Waals surface area contributed by atoms with Gasteiger partial charge in [0.1, 0.15) is 11.3 Å². The zero-order valence-electron chi connectivity index (χ0n) is 18.1. The Morgan fingerprint density at radius 1 is 1.19 bits per heavy atom. The van der Waals surface area contributed by atoms with Crippen LogP contribution in [0.2, 0.25) is 10.0 Å². The number of ether oxygens (including phenoxy) is 1. The third-order valence-corrected chi connectivity index (χ3v) is 5.68. The number of amides is 2. The van der Waals surface area contributed by atoms with Crippen molar-refractivity contribution >= 4 is 35.2 Å². The van der Waals surface area contributed by atoms with Crippen LogP contribution in [0.25, 0.3) is 11.3 Å². The fraction of sp³-hybridized carbons (Fsp3) is 0.476. The first-order valence-electron chi connectivity index (χ1n) is 9.76. The smallest absolute Gasteiger partial charge is 0.410 e. The summed E-state index contributed by atoms with van der Waals surface area (Å²) in [7, 11) is 0. The predicted octanol–water partition coefficient (Wildman–Crippen LogP) is 4.02. The summed E-state index contributed by atoms with van der Waals surface area (Å²) < 4.78 is 7.07. The molecule has 1 aliphatic rings. The third-order valence-electron chi connectivity index (χ3n) is 4.95. The normalized spacial score (nSPS) is 16.8. The lowest BCUT2D eigenvalue weighted by atomic mass is 9.95. The summed E-state index contributed by atoms with van der Waals surface area (Å²) in [6.07, 6.45) is -0.555. The van der Waals surface area contributed by atoms with Gasteiger partial charge in [-0.15, -0.1) is 0 Å². The van der Waals surface area contributed by atoms with Gasteiger partial charge in [-0.05, 0) is 46.8 Å². The molecule has 1 aromatic carbocycles. The molecular formula is C21H26Cl2N4O4. The number of hydrogen-bond donors (Lipinski definition) is 2. The monoisotopic (exact) mass is 468 g/mol. The molecule has 1 atom stereocenters. The second kappa shape index (κ2) is 8.00. The zero-order valence-corrected chi connectivity index (χ0v) is 19.6. The topological polar surface area (TPSA) is 111 Å². The largest absolute Gasteiger partial charge is 0.444 e. The highest BCUT2D eigenvalue weighted by Gasteiger charge is 2.41. The van der Waals surface area contributed by atoms with Gasteiger partial charge in [-0.3, -0.25) is 9.48 Å². The van der Waals surface area contributed by atoms with E-state index in [2.05, 4.69) is 5.10 Å². The minimum Gasteiger partial charge on any atom is -0.444 e. The molecule has 2 aromatic rings. The van der Waals surface area contributed by atoms with Gasteiger partial charge in [-0.1, -0.05) is 29.3 Å². The van der Waals surface area contributed by atoms with Crippen LogP contribution in [-0.4, -0.2) is 49.5 Å². The molecule has 10 heteroatoms. The Hall–Kier alpha value is -2.29. The lowest BCUT2D eigenvalue weighted by Crippen LogP contribution is -2.50. The molecule has 1 aliphatic heterocycles. The summed E-state index contributed by atoms with van der Waals surface area (Å²) >= 11 is 12.2. The van der Waals surface area contributed by atoms with Crippen molar-refractivity contribution in [1.82, 2.24) is 14.7 Å². The number of rotatable bonds is 3. The predicted molar refractivity (Wildman–Crippen MR) is 118 cm³/mol. The molecule has 2 amide bonds. The maximum Gasteiger partial charge on any atom is 0.410 e. The number of nitrogens with two attached hydrogens (primary N) is 1. The lowest BCUT2D eigenvalue weighted by Gasteiger charge is -2.39. The van der Waals surface area contributed by atoms with Crippen molar-refractivity contribution in [2.24, 2.45) is 5.73 Å². The van der Waals surface area contributed by atoms with Crippen molar-refractivity contribution in [1.29, 1.82) is 0 Å². The van der Waals surface area contributed by atoms with E-state index in [0.717, 1.165) is 0 Å². The molecule has 3 N–H and O–H groups in total. The fourth-order valence-corrected chi connectivity index (χ4v) is 3.80. The summed E-state index contributed by atoms with van der Waals surface area (Å²) in [5, 5.41) is 16.1. The van der Waals surface area contributed by atoms with Crippen molar-refractivity contribution in [2.75, 3.05) is 6.54 Å². The molecule has 0 aliphatic carbocycles.